The molecule has 0 radical (unpaired) electrons. The second-order valence-electron chi connectivity index (χ2n) is 7.02. The van der Waals surface area contributed by atoms with Crippen LogP contribution in [0.25, 0.3) is 6.08 Å². The van der Waals surface area contributed by atoms with Crippen LogP contribution in [0, 0.1) is 10.1 Å². The molecule has 2 aromatic carbocycles. The maximum atomic E-state index is 12.1. The molecule has 0 N–H and O–H groups in total. The maximum Gasteiger partial charge on any atom is 0.363 e. The lowest BCUT2D eigenvalue weighted by atomic mass is 9.87. The van der Waals surface area contributed by atoms with Gasteiger partial charge in [-0.2, -0.15) is 0 Å². The fraction of sp³-hybridized carbons (Fsp3) is 0.200. The van der Waals surface area contributed by atoms with Gasteiger partial charge in [0.1, 0.15) is 0 Å². The average Bonchev–Trinajstić information content (AvgIpc) is 2.95. The van der Waals surface area contributed by atoms with Gasteiger partial charge in [0.05, 0.1) is 4.92 Å². The summed E-state index contributed by atoms with van der Waals surface area (Å²) in [6.07, 6.45) is 1.48. The molecule has 2 aromatic rings. The molecule has 0 spiro atoms. The van der Waals surface area contributed by atoms with E-state index in [4.69, 9.17) is 4.74 Å². The predicted molar refractivity (Wildman–Crippen MR) is 98.8 cm³/mol. The number of nitro groups is 1. The molecule has 0 atom stereocenters. The number of rotatable bonds is 3. The number of hydrogen-bond donors (Lipinski definition) is 0. The van der Waals surface area contributed by atoms with Gasteiger partial charge >= 0.3 is 5.97 Å². The highest BCUT2D eigenvalue weighted by atomic mass is 16.6. The molecular weight excluding hydrogens is 332 g/mol. The number of benzene rings is 2. The van der Waals surface area contributed by atoms with Crippen molar-refractivity contribution in [2.75, 3.05) is 0 Å². The second kappa shape index (κ2) is 6.55. The van der Waals surface area contributed by atoms with Crippen LogP contribution in [0.1, 0.15) is 37.5 Å². The zero-order valence-corrected chi connectivity index (χ0v) is 14.7. The summed E-state index contributed by atoms with van der Waals surface area (Å²) in [5.74, 6) is -0.349. The van der Waals surface area contributed by atoms with Crippen LogP contribution in [-0.2, 0) is 14.9 Å². The Labute approximate surface area is 151 Å². The van der Waals surface area contributed by atoms with Crippen molar-refractivity contribution >= 4 is 23.6 Å². The molecule has 0 saturated heterocycles. The molecular formula is C20H18N2O4. The van der Waals surface area contributed by atoms with Gasteiger partial charge in [0.25, 0.3) is 5.69 Å². The number of hydrogen-bond acceptors (Lipinski definition) is 5. The Morgan fingerprint density at radius 3 is 2.42 bits per heavy atom. The van der Waals surface area contributed by atoms with E-state index in [1.54, 1.807) is 12.1 Å². The normalized spacial score (nSPS) is 15.7. The van der Waals surface area contributed by atoms with Gasteiger partial charge in [-0.3, -0.25) is 10.1 Å². The lowest BCUT2D eigenvalue weighted by molar-refractivity contribution is -0.384. The SMILES string of the molecule is CC(C)(C)c1ccc(C2=N/C(=C/c3cccc([N+](=O)[O-])c3)C(=O)O2)cc1. The standard InChI is InChI=1S/C20H18N2O4/c1-20(2,3)15-9-7-14(8-10-15)18-21-17(19(23)26-18)12-13-5-4-6-16(11-13)22(24)25/h4-12H,1-3H3/b17-12+. The van der Waals surface area contributed by atoms with Gasteiger partial charge in [0, 0.05) is 17.7 Å². The van der Waals surface area contributed by atoms with E-state index < -0.39 is 10.9 Å². The number of ether oxygens (including phenoxy) is 1. The molecule has 1 aliphatic rings. The number of aliphatic imine (C=N–C) groups is 1. The van der Waals surface area contributed by atoms with Crippen LogP contribution in [0.15, 0.2) is 59.2 Å². The van der Waals surface area contributed by atoms with Gasteiger partial charge in [0.2, 0.25) is 5.90 Å². The minimum atomic E-state index is -0.577. The number of esters is 1. The van der Waals surface area contributed by atoms with Crippen LogP contribution in [0.3, 0.4) is 0 Å². The van der Waals surface area contributed by atoms with Crippen LogP contribution in [0.5, 0.6) is 0 Å². The molecule has 6 nitrogen and oxygen atoms in total. The third-order valence-corrected chi connectivity index (χ3v) is 4.00. The first-order valence-corrected chi connectivity index (χ1v) is 8.12. The van der Waals surface area contributed by atoms with E-state index in [2.05, 4.69) is 25.8 Å². The van der Waals surface area contributed by atoms with Crippen molar-refractivity contribution < 1.29 is 14.5 Å². The van der Waals surface area contributed by atoms with Crippen molar-refractivity contribution in [2.24, 2.45) is 4.99 Å². The number of carbonyl (C=O) groups is 1. The van der Waals surface area contributed by atoms with Crippen molar-refractivity contribution in [3.8, 4) is 0 Å². The quantitative estimate of drug-likeness (QED) is 0.359. The van der Waals surface area contributed by atoms with E-state index in [1.807, 2.05) is 24.3 Å². The molecule has 132 valence electrons. The van der Waals surface area contributed by atoms with E-state index in [1.165, 1.54) is 23.8 Å². The highest BCUT2D eigenvalue weighted by molar-refractivity contribution is 6.12. The lowest BCUT2D eigenvalue weighted by Crippen LogP contribution is -2.11. The minimum absolute atomic E-state index is 0.0276. The van der Waals surface area contributed by atoms with Gasteiger partial charge in [-0.1, -0.05) is 45.0 Å². The number of nitro benzene ring substituents is 1. The summed E-state index contributed by atoms with van der Waals surface area (Å²) < 4.78 is 5.24. The molecule has 0 fully saturated rings. The summed E-state index contributed by atoms with van der Waals surface area (Å²) in [6, 6.07) is 13.7. The topological polar surface area (TPSA) is 81.8 Å². The van der Waals surface area contributed by atoms with E-state index in [-0.39, 0.29) is 22.7 Å². The van der Waals surface area contributed by atoms with Crippen molar-refractivity contribution in [1.29, 1.82) is 0 Å². The fourth-order valence-corrected chi connectivity index (χ4v) is 2.53. The van der Waals surface area contributed by atoms with Gasteiger partial charge in [-0.25, -0.2) is 9.79 Å². The van der Waals surface area contributed by atoms with Crippen molar-refractivity contribution in [2.45, 2.75) is 26.2 Å². The van der Waals surface area contributed by atoms with E-state index in [9.17, 15) is 14.9 Å². The molecule has 26 heavy (non-hydrogen) atoms. The van der Waals surface area contributed by atoms with Crippen LogP contribution in [-0.4, -0.2) is 16.8 Å². The first-order valence-electron chi connectivity index (χ1n) is 8.12. The third-order valence-electron chi connectivity index (χ3n) is 4.00. The smallest absolute Gasteiger partial charge is 0.363 e. The average molecular weight is 350 g/mol. The summed E-state index contributed by atoms with van der Waals surface area (Å²) in [7, 11) is 0. The third kappa shape index (κ3) is 3.69. The van der Waals surface area contributed by atoms with E-state index >= 15 is 0 Å². The van der Waals surface area contributed by atoms with Gasteiger partial charge in [0.15, 0.2) is 5.70 Å². The zero-order valence-electron chi connectivity index (χ0n) is 14.7. The van der Waals surface area contributed by atoms with Crippen LogP contribution in [0.2, 0.25) is 0 Å². The summed E-state index contributed by atoms with van der Waals surface area (Å²) in [5.41, 5.74) is 2.47. The van der Waals surface area contributed by atoms with Crippen molar-refractivity contribution in [3.63, 3.8) is 0 Å². The zero-order chi connectivity index (χ0) is 18.9. The number of carbonyl (C=O) groups excluding carboxylic acids is 1. The van der Waals surface area contributed by atoms with Gasteiger partial charge < -0.3 is 4.74 Å². The number of nitrogens with zero attached hydrogens (tertiary/aromatic N) is 2. The molecule has 0 unspecified atom stereocenters. The number of cyclic esters (lactones) is 1. The largest absolute Gasteiger partial charge is 0.402 e. The molecule has 3 rings (SSSR count). The molecule has 1 heterocycles. The molecule has 1 aliphatic heterocycles. The molecule has 0 saturated carbocycles. The summed E-state index contributed by atoms with van der Waals surface area (Å²) >= 11 is 0. The Bertz CT molecular complexity index is 935. The Balaban J connectivity index is 1.89. The monoisotopic (exact) mass is 350 g/mol. The highest BCUT2D eigenvalue weighted by Crippen LogP contribution is 2.25. The Kier molecular flexibility index (Phi) is 4.42. The predicted octanol–water partition coefficient (Wildman–Crippen LogP) is 4.24. The number of non-ortho nitro benzene ring substituents is 1. The molecule has 0 bridgehead atoms. The second-order valence-corrected chi connectivity index (χ2v) is 7.02. The van der Waals surface area contributed by atoms with Crippen molar-refractivity contribution in [1.82, 2.24) is 0 Å². The van der Waals surface area contributed by atoms with E-state index in [0.717, 1.165) is 0 Å². The van der Waals surface area contributed by atoms with E-state index in [0.29, 0.717) is 11.1 Å². The van der Waals surface area contributed by atoms with Crippen LogP contribution in [0.4, 0.5) is 5.69 Å². The van der Waals surface area contributed by atoms with Crippen LogP contribution >= 0.6 is 0 Å². The van der Waals surface area contributed by atoms with Crippen LogP contribution < -0.4 is 0 Å². The fourth-order valence-electron chi connectivity index (χ4n) is 2.53. The maximum absolute atomic E-state index is 12.1. The summed E-state index contributed by atoms with van der Waals surface area (Å²) in [5, 5.41) is 10.9. The van der Waals surface area contributed by atoms with Gasteiger partial charge in [-0.15, -0.1) is 0 Å². The Morgan fingerprint density at radius 2 is 1.81 bits per heavy atom. The first kappa shape index (κ1) is 17.5. The Morgan fingerprint density at radius 1 is 1.12 bits per heavy atom. The summed E-state index contributed by atoms with van der Waals surface area (Å²) in [6.45, 7) is 6.36. The first-order chi connectivity index (χ1) is 12.2. The lowest BCUT2D eigenvalue weighted by Gasteiger charge is -2.18. The highest BCUT2D eigenvalue weighted by Gasteiger charge is 2.24. The molecule has 0 aliphatic carbocycles. The molecule has 0 aromatic heterocycles. The van der Waals surface area contributed by atoms with Crippen molar-refractivity contribution in [3.05, 3.63) is 81.0 Å². The minimum Gasteiger partial charge on any atom is -0.402 e. The molecule has 6 heteroatoms. The molecule has 0 amide bonds. The summed E-state index contributed by atoms with van der Waals surface area (Å²) in [4.78, 5) is 26.7. The van der Waals surface area contributed by atoms with Gasteiger partial charge in [-0.05, 0) is 34.8 Å². The Hall–Kier alpha value is -3.28.